The zero-order valence-corrected chi connectivity index (χ0v) is 38.1. The second-order valence-electron chi connectivity index (χ2n) is 17.3. The molecule has 0 spiro atoms. The fraction of sp³-hybridized carbons (Fsp3) is 0.511. The van der Waals surface area contributed by atoms with E-state index in [-0.39, 0.29) is 42.4 Å². The summed E-state index contributed by atoms with van der Waals surface area (Å²) in [6.45, 7) is 11.2. The second kappa shape index (κ2) is 20.9. The summed E-state index contributed by atoms with van der Waals surface area (Å²) in [6, 6.07) is 8.91. The minimum Gasteiger partial charge on any atom is -0.361 e. The lowest BCUT2D eigenvalue weighted by molar-refractivity contribution is -0.136. The van der Waals surface area contributed by atoms with Crippen molar-refractivity contribution in [2.45, 2.75) is 108 Å². The van der Waals surface area contributed by atoms with E-state index in [4.69, 9.17) is 0 Å². The number of hydrogen-bond acceptors (Lipinski definition) is 9. The molecular weight excluding hydrogens is 827 g/mol. The number of H-pyrrole nitrogens is 2. The average molecular weight is 888 g/mol. The third-order valence-electron chi connectivity index (χ3n) is 11.7. The summed E-state index contributed by atoms with van der Waals surface area (Å²) in [5.41, 5.74) is 3.35. The van der Waals surface area contributed by atoms with Crippen molar-refractivity contribution in [2.24, 2.45) is 17.8 Å². The lowest BCUT2D eigenvalue weighted by Gasteiger charge is -2.31. The maximum atomic E-state index is 14.5. The van der Waals surface area contributed by atoms with Crippen LogP contribution in [0.15, 0.2) is 60.9 Å². The highest BCUT2D eigenvalue weighted by Gasteiger charge is 2.40. The van der Waals surface area contributed by atoms with Crippen LogP contribution in [0.1, 0.15) is 59.1 Å². The van der Waals surface area contributed by atoms with Gasteiger partial charge in [-0.2, -0.15) is 11.8 Å². The molecule has 1 unspecified atom stereocenters. The molecule has 4 heterocycles. The Balaban J connectivity index is 1.37. The fourth-order valence-corrected chi connectivity index (χ4v) is 10.0. The van der Waals surface area contributed by atoms with E-state index >= 15 is 0 Å². The molecule has 2 bridgehead atoms. The van der Waals surface area contributed by atoms with Crippen molar-refractivity contribution in [3.05, 3.63) is 72.1 Å². The molecule has 17 heteroatoms. The van der Waals surface area contributed by atoms with Crippen LogP contribution in [-0.4, -0.2) is 111 Å². The first-order valence-corrected chi connectivity index (χ1v) is 23.9. The molecule has 0 saturated carbocycles. The zero-order chi connectivity index (χ0) is 44.7. The number of para-hydroxylation sites is 2. The Morgan fingerprint density at radius 2 is 1.05 bits per heavy atom. The van der Waals surface area contributed by atoms with Crippen LogP contribution >= 0.6 is 23.5 Å². The number of fused-ring (bicyclic) bond motifs is 4. The third-order valence-corrected chi connectivity index (χ3v) is 13.6. The van der Waals surface area contributed by atoms with Gasteiger partial charge < -0.3 is 41.9 Å². The number of aromatic nitrogens is 2. The summed E-state index contributed by atoms with van der Waals surface area (Å²) in [5, 5.41) is 22.7. The van der Waals surface area contributed by atoms with Crippen LogP contribution in [0.3, 0.4) is 0 Å². The van der Waals surface area contributed by atoms with Gasteiger partial charge in [0.15, 0.2) is 0 Å². The van der Waals surface area contributed by atoms with Crippen molar-refractivity contribution < 1.29 is 28.8 Å². The Kier molecular flexibility index (Phi) is 15.7. The molecule has 2 fully saturated rings. The highest BCUT2D eigenvalue weighted by atomic mass is 32.2. The van der Waals surface area contributed by atoms with E-state index in [1.807, 2.05) is 88.7 Å². The van der Waals surface area contributed by atoms with Crippen molar-refractivity contribution >= 4 is 80.8 Å². The Morgan fingerprint density at radius 3 is 1.55 bits per heavy atom. The Morgan fingerprint density at radius 1 is 0.581 bits per heavy atom. The van der Waals surface area contributed by atoms with Gasteiger partial charge >= 0.3 is 0 Å². The molecule has 2 aliphatic rings. The number of rotatable bonds is 10. The van der Waals surface area contributed by atoms with Gasteiger partial charge in [0.2, 0.25) is 35.4 Å². The van der Waals surface area contributed by atoms with Crippen LogP contribution < -0.4 is 37.2 Å². The van der Waals surface area contributed by atoms with E-state index in [1.54, 1.807) is 20.0 Å². The quantitative estimate of drug-likeness (QED) is 0.114. The molecule has 2 saturated heterocycles. The second-order valence-corrected chi connectivity index (χ2v) is 19.5. The summed E-state index contributed by atoms with van der Waals surface area (Å²) < 4.78 is 0. The molecule has 9 N–H and O–H groups in total. The van der Waals surface area contributed by atoms with Gasteiger partial charge in [-0.25, -0.2) is 0 Å². The topological polar surface area (TPSA) is 218 Å². The molecule has 2 aromatic heterocycles. The van der Waals surface area contributed by atoms with Gasteiger partial charge in [-0.1, -0.05) is 77.9 Å². The maximum absolute atomic E-state index is 14.5. The first-order valence-electron chi connectivity index (χ1n) is 21.4. The first kappa shape index (κ1) is 46.5. The molecule has 6 rings (SSSR count). The number of carbonyl (C=O) groups is 6. The number of hydrogen-bond donors (Lipinski definition) is 9. The molecular formula is C45H61N9O6S2. The summed E-state index contributed by atoms with van der Waals surface area (Å²) in [5.74, 6) is -3.00. The lowest BCUT2D eigenvalue weighted by Crippen LogP contribution is -2.61. The summed E-state index contributed by atoms with van der Waals surface area (Å²) >= 11 is 2.99. The minimum absolute atomic E-state index is 0.0777. The van der Waals surface area contributed by atoms with Crippen molar-refractivity contribution in [3.8, 4) is 0 Å². The molecule has 334 valence electrons. The summed E-state index contributed by atoms with van der Waals surface area (Å²) in [6.07, 6.45) is 6.00. The fourth-order valence-electron chi connectivity index (χ4n) is 8.05. The van der Waals surface area contributed by atoms with Gasteiger partial charge in [-0.15, -0.1) is 11.8 Å². The average Bonchev–Trinajstić information content (AvgIpc) is 4.00. The third kappa shape index (κ3) is 11.1. The van der Waals surface area contributed by atoms with Crippen molar-refractivity contribution in [2.75, 3.05) is 17.8 Å². The standard InChI is InChI=1S/C45H61N9O6S2/c1-23(2)36-43(59)50-34(19-27-21-47-31-15-11-9-13-29(27)31)41(57)54-38(25(5)6)45-51-35(22-62-45)42(58)53-37(24(3)4)44(60)49-33(18-26-20-46-30-14-10-8-12-28(26)30)40(56)48-32(16-17-61-7)39(55)52-36/h8-15,20-21,23-25,32-38,45-47,51H,16-19,22H2,1-7H3,(H,48,56)(H,49,60)(H,50,59)(H,52,55)(H,53,58)(H,54,57)/t32-,33+,34-,35+,36+,37-,38+,45?/m1/s1. The lowest BCUT2D eigenvalue weighted by atomic mass is 9.98. The number of aromatic amines is 2. The number of thioether (sulfide) groups is 2. The van der Waals surface area contributed by atoms with E-state index in [0.717, 1.165) is 32.9 Å². The number of benzene rings is 2. The SMILES string of the molecule is CSCC[C@H]1NC(=O)[C@H](Cc2c[nH]c3ccccc23)NC(=O)[C@@H](C(C)C)NC(=O)[C@@H]2CSC(N2)[C@H](C(C)C)NC(=O)[C@@H](Cc2c[nH]c3ccccc23)NC(=O)[C@H](C(C)C)NC1=O. The first-order chi connectivity index (χ1) is 29.6. The van der Waals surface area contributed by atoms with Crippen molar-refractivity contribution in [3.63, 3.8) is 0 Å². The number of carbonyl (C=O) groups excluding carboxylic acids is 6. The van der Waals surface area contributed by atoms with Crippen molar-refractivity contribution in [1.82, 2.24) is 47.2 Å². The van der Waals surface area contributed by atoms with E-state index < -0.39 is 77.7 Å². The van der Waals surface area contributed by atoms with E-state index in [2.05, 4.69) is 47.2 Å². The number of nitrogens with one attached hydrogen (secondary N) is 9. The largest absolute Gasteiger partial charge is 0.361 e. The van der Waals surface area contributed by atoms with E-state index in [0.29, 0.717) is 11.5 Å². The van der Waals surface area contributed by atoms with E-state index in [1.165, 1.54) is 23.5 Å². The molecule has 6 amide bonds. The maximum Gasteiger partial charge on any atom is 0.243 e. The van der Waals surface area contributed by atoms with Crippen LogP contribution in [0.5, 0.6) is 0 Å². The van der Waals surface area contributed by atoms with Gasteiger partial charge in [-0.05, 0) is 59.4 Å². The van der Waals surface area contributed by atoms with Crippen LogP contribution in [0.4, 0.5) is 0 Å². The Labute approximate surface area is 371 Å². The predicted octanol–water partition coefficient (Wildman–Crippen LogP) is 3.11. The minimum atomic E-state index is -1.14. The Bertz CT molecular complexity index is 2240. The molecule has 0 aliphatic carbocycles. The molecule has 62 heavy (non-hydrogen) atoms. The highest BCUT2D eigenvalue weighted by Crippen LogP contribution is 2.27. The zero-order valence-electron chi connectivity index (χ0n) is 36.4. The van der Waals surface area contributed by atoms with Crippen LogP contribution in [-0.2, 0) is 41.6 Å². The van der Waals surface area contributed by atoms with Gasteiger partial charge in [-0.3, -0.25) is 34.1 Å². The summed E-state index contributed by atoms with van der Waals surface area (Å²) in [4.78, 5) is 92.2. The van der Waals surface area contributed by atoms with Crippen LogP contribution in [0.2, 0.25) is 0 Å². The van der Waals surface area contributed by atoms with Gasteiger partial charge in [0.1, 0.15) is 30.2 Å². The van der Waals surface area contributed by atoms with E-state index in [9.17, 15) is 28.8 Å². The molecule has 0 radical (unpaired) electrons. The molecule has 2 aliphatic heterocycles. The van der Waals surface area contributed by atoms with Crippen LogP contribution in [0, 0.1) is 17.8 Å². The van der Waals surface area contributed by atoms with Crippen molar-refractivity contribution in [1.29, 1.82) is 0 Å². The van der Waals surface area contributed by atoms with Gasteiger partial charge in [0.05, 0.1) is 17.5 Å². The molecule has 15 nitrogen and oxygen atoms in total. The summed E-state index contributed by atoms with van der Waals surface area (Å²) in [7, 11) is 0. The van der Waals surface area contributed by atoms with Gasteiger partial charge in [0.25, 0.3) is 0 Å². The monoisotopic (exact) mass is 887 g/mol. The Hall–Kier alpha value is -5.00. The highest BCUT2D eigenvalue weighted by molar-refractivity contribution is 8.00. The normalized spacial score (nSPS) is 26.2. The molecule has 4 aromatic rings. The number of amides is 6. The predicted molar refractivity (Wildman–Crippen MR) is 246 cm³/mol. The van der Waals surface area contributed by atoms with Gasteiger partial charge in [0, 0.05) is 52.8 Å². The molecule has 8 atom stereocenters. The smallest absolute Gasteiger partial charge is 0.243 e. The van der Waals surface area contributed by atoms with Crippen LogP contribution in [0.25, 0.3) is 21.8 Å². The molecule has 2 aromatic carbocycles.